The Balaban J connectivity index is 1.29. The van der Waals surface area contributed by atoms with Gasteiger partial charge in [0.25, 0.3) is 5.91 Å². The van der Waals surface area contributed by atoms with Crippen LogP contribution < -0.4 is 15.4 Å². The molecule has 3 aromatic rings. The largest absolute Gasteiger partial charge is 0.490 e. The van der Waals surface area contributed by atoms with E-state index in [1.807, 2.05) is 29.9 Å². The summed E-state index contributed by atoms with van der Waals surface area (Å²) in [6.07, 6.45) is 9.57. The molecular formula is C28H35N7O2. The van der Waals surface area contributed by atoms with Crippen molar-refractivity contribution in [1.29, 1.82) is 0 Å². The number of carbonyl (C=O) groups is 1. The first-order valence-corrected chi connectivity index (χ1v) is 13.1. The Labute approximate surface area is 217 Å². The maximum atomic E-state index is 13.5. The summed E-state index contributed by atoms with van der Waals surface area (Å²) in [5, 5.41) is 15.2. The van der Waals surface area contributed by atoms with Gasteiger partial charge in [0.1, 0.15) is 23.6 Å². The fourth-order valence-corrected chi connectivity index (χ4v) is 5.81. The number of amides is 1. The second-order valence-corrected chi connectivity index (χ2v) is 12.2. The smallest absolute Gasteiger partial charge is 0.274 e. The van der Waals surface area contributed by atoms with Crippen molar-refractivity contribution in [1.82, 2.24) is 30.0 Å². The molecule has 3 aromatic heterocycles. The number of ether oxygens (including phenoxy) is 1. The van der Waals surface area contributed by atoms with Crippen LogP contribution >= 0.6 is 0 Å². The van der Waals surface area contributed by atoms with Crippen LogP contribution in [0.5, 0.6) is 5.75 Å². The summed E-state index contributed by atoms with van der Waals surface area (Å²) in [5.74, 6) is 2.07. The molecule has 0 aromatic carbocycles. The highest BCUT2D eigenvalue weighted by molar-refractivity contribution is 6.03. The molecule has 2 saturated carbocycles. The summed E-state index contributed by atoms with van der Waals surface area (Å²) in [6, 6.07) is 3.88. The van der Waals surface area contributed by atoms with Gasteiger partial charge in [-0.25, -0.2) is 4.98 Å². The highest BCUT2D eigenvalue weighted by Crippen LogP contribution is 2.51. The summed E-state index contributed by atoms with van der Waals surface area (Å²) >= 11 is 0. The lowest BCUT2D eigenvalue weighted by Gasteiger charge is -2.45. The zero-order chi connectivity index (χ0) is 26.0. The summed E-state index contributed by atoms with van der Waals surface area (Å²) in [5.41, 5.74) is 3.57. The van der Waals surface area contributed by atoms with Gasteiger partial charge in [0.15, 0.2) is 0 Å². The van der Waals surface area contributed by atoms with Gasteiger partial charge in [-0.15, -0.1) is 10.2 Å². The number of carbonyl (C=O) groups excluding carboxylic acids is 1. The lowest BCUT2D eigenvalue weighted by Crippen LogP contribution is -2.43. The van der Waals surface area contributed by atoms with Gasteiger partial charge in [-0.2, -0.15) is 0 Å². The van der Waals surface area contributed by atoms with E-state index >= 15 is 0 Å². The molecule has 0 saturated heterocycles. The zero-order valence-electron chi connectivity index (χ0n) is 22.3. The van der Waals surface area contributed by atoms with Gasteiger partial charge in [-0.05, 0) is 56.2 Å². The molecule has 9 heteroatoms. The lowest BCUT2D eigenvalue weighted by molar-refractivity contribution is 0.102. The Hall–Kier alpha value is -3.33. The fraction of sp³-hybridized carbons (Fsp3) is 0.536. The van der Waals surface area contributed by atoms with E-state index < -0.39 is 0 Å². The molecule has 2 fully saturated rings. The van der Waals surface area contributed by atoms with Gasteiger partial charge < -0.3 is 19.9 Å². The lowest BCUT2D eigenvalue weighted by atomic mass is 9.59. The molecule has 1 amide bonds. The van der Waals surface area contributed by atoms with Crippen molar-refractivity contribution in [2.75, 3.05) is 11.9 Å². The van der Waals surface area contributed by atoms with Gasteiger partial charge in [0.05, 0.1) is 29.6 Å². The van der Waals surface area contributed by atoms with Crippen molar-refractivity contribution in [3.05, 3.63) is 59.2 Å². The Kier molecular flexibility index (Phi) is 5.42. The Morgan fingerprint density at radius 2 is 1.97 bits per heavy atom. The third-order valence-electron chi connectivity index (χ3n) is 8.29. The summed E-state index contributed by atoms with van der Waals surface area (Å²) in [7, 11) is 1.97. The third kappa shape index (κ3) is 4.19. The molecule has 0 bridgehead atoms. The predicted molar refractivity (Wildman–Crippen MR) is 140 cm³/mol. The van der Waals surface area contributed by atoms with Gasteiger partial charge in [-0.1, -0.05) is 20.8 Å². The van der Waals surface area contributed by atoms with Crippen molar-refractivity contribution in [2.45, 2.75) is 76.3 Å². The summed E-state index contributed by atoms with van der Waals surface area (Å²) in [4.78, 5) is 22.7. The maximum Gasteiger partial charge on any atom is 0.274 e. The van der Waals surface area contributed by atoms with Crippen LogP contribution in [0.15, 0.2) is 30.9 Å². The summed E-state index contributed by atoms with van der Waals surface area (Å²) in [6.45, 7) is 9.88. The molecule has 194 valence electrons. The van der Waals surface area contributed by atoms with E-state index in [0.717, 1.165) is 54.1 Å². The topological polar surface area (TPSA) is 107 Å². The molecule has 0 unspecified atom stereocenters. The number of hydrogen-bond acceptors (Lipinski definition) is 7. The first-order valence-electron chi connectivity index (χ1n) is 13.1. The zero-order valence-corrected chi connectivity index (χ0v) is 22.3. The Bertz CT molecular complexity index is 1370. The minimum absolute atomic E-state index is 0.177. The van der Waals surface area contributed by atoms with E-state index in [9.17, 15) is 4.79 Å². The number of hydrogen-bond donors (Lipinski definition) is 2. The van der Waals surface area contributed by atoms with E-state index in [1.165, 1.54) is 0 Å². The normalized spacial score (nSPS) is 24.6. The first-order chi connectivity index (χ1) is 17.6. The van der Waals surface area contributed by atoms with Gasteiger partial charge in [0, 0.05) is 36.3 Å². The number of pyridine rings is 2. The van der Waals surface area contributed by atoms with Crippen LogP contribution in [0.4, 0.5) is 5.69 Å². The van der Waals surface area contributed by atoms with E-state index in [2.05, 4.69) is 53.5 Å². The van der Waals surface area contributed by atoms with Gasteiger partial charge in [0.2, 0.25) is 0 Å². The number of rotatable bonds is 7. The minimum Gasteiger partial charge on any atom is -0.490 e. The molecular weight excluding hydrogens is 466 g/mol. The molecule has 0 atom stereocenters. The Morgan fingerprint density at radius 1 is 1.19 bits per heavy atom. The molecule has 6 rings (SSSR count). The first kappa shape index (κ1) is 24.0. The van der Waals surface area contributed by atoms with Crippen LogP contribution in [-0.4, -0.2) is 42.8 Å². The van der Waals surface area contributed by atoms with Crippen molar-refractivity contribution < 1.29 is 9.53 Å². The van der Waals surface area contributed by atoms with Crippen LogP contribution in [0, 0.1) is 5.92 Å². The van der Waals surface area contributed by atoms with Crippen LogP contribution in [0.2, 0.25) is 0 Å². The molecule has 37 heavy (non-hydrogen) atoms. The standard InChI is InChI=1S/C28H35N7O2/c1-17-10-28(11-17,25-34-31-16-35(25)5)19-9-20(14-29-13-19)32-24(36)21-8-18(12-30-27(4)6-7-27)22-23(33-21)26(2,3)15-37-22/h8-9,13-14,16-17,30H,6-7,10-12,15H2,1-5H3,(H,32,36). The number of aromatic nitrogens is 5. The monoisotopic (exact) mass is 501 g/mol. The van der Waals surface area contributed by atoms with E-state index in [4.69, 9.17) is 9.72 Å². The highest BCUT2D eigenvalue weighted by atomic mass is 16.5. The van der Waals surface area contributed by atoms with Crippen LogP contribution in [0.1, 0.15) is 86.5 Å². The van der Waals surface area contributed by atoms with Gasteiger partial charge >= 0.3 is 0 Å². The number of anilines is 1. The molecule has 0 radical (unpaired) electrons. The number of nitrogens with zero attached hydrogens (tertiary/aromatic N) is 5. The van der Waals surface area contributed by atoms with E-state index in [-0.39, 0.29) is 22.3 Å². The van der Waals surface area contributed by atoms with Crippen molar-refractivity contribution >= 4 is 11.6 Å². The average Bonchev–Trinajstić information content (AvgIpc) is 3.29. The SMILES string of the molecule is CC1CC(c2cncc(NC(=O)c3cc(CNC4(C)CC4)c4c(n3)C(C)(C)CO4)c2)(c2nncn2C)C1. The predicted octanol–water partition coefficient (Wildman–Crippen LogP) is 3.89. The highest BCUT2D eigenvalue weighted by Gasteiger charge is 2.48. The molecule has 1 aliphatic heterocycles. The molecule has 3 aliphatic rings. The van der Waals surface area contributed by atoms with Crippen LogP contribution in [0.25, 0.3) is 0 Å². The van der Waals surface area contributed by atoms with E-state index in [0.29, 0.717) is 30.5 Å². The molecule has 9 nitrogen and oxygen atoms in total. The molecule has 2 N–H and O–H groups in total. The fourth-order valence-electron chi connectivity index (χ4n) is 5.81. The van der Waals surface area contributed by atoms with E-state index in [1.54, 1.807) is 12.5 Å². The number of aryl methyl sites for hydroxylation is 1. The van der Waals surface area contributed by atoms with Crippen molar-refractivity contribution in [3.8, 4) is 5.75 Å². The van der Waals surface area contributed by atoms with Crippen LogP contribution in [0.3, 0.4) is 0 Å². The molecule has 4 heterocycles. The minimum atomic E-state index is -0.255. The summed E-state index contributed by atoms with van der Waals surface area (Å²) < 4.78 is 8.03. The van der Waals surface area contributed by atoms with Crippen molar-refractivity contribution in [3.63, 3.8) is 0 Å². The van der Waals surface area contributed by atoms with Crippen molar-refractivity contribution in [2.24, 2.45) is 13.0 Å². The van der Waals surface area contributed by atoms with Gasteiger partial charge in [-0.3, -0.25) is 9.78 Å². The second-order valence-electron chi connectivity index (χ2n) is 12.2. The molecule has 0 spiro atoms. The number of fused-ring (bicyclic) bond motifs is 1. The molecule has 2 aliphatic carbocycles. The third-order valence-corrected chi connectivity index (χ3v) is 8.29. The Morgan fingerprint density at radius 3 is 2.65 bits per heavy atom. The quantitative estimate of drug-likeness (QED) is 0.506. The second kappa shape index (κ2) is 8.34. The number of nitrogens with one attached hydrogen (secondary N) is 2. The average molecular weight is 502 g/mol. The van der Waals surface area contributed by atoms with Crippen LogP contribution in [-0.2, 0) is 24.4 Å². The maximum absolute atomic E-state index is 13.5.